The normalized spacial score (nSPS) is 13.2. The van der Waals surface area contributed by atoms with E-state index in [1.807, 2.05) is 0 Å². The van der Waals surface area contributed by atoms with Gasteiger partial charge in [-0.2, -0.15) is 0 Å². The Morgan fingerprint density at radius 1 is 0.262 bits per heavy atom. The Balaban J connectivity index is 4.53. The summed E-state index contributed by atoms with van der Waals surface area (Å²) >= 11 is 0. The molecule has 0 rings (SSSR count). The molecule has 2 atom stereocenters. The van der Waals surface area contributed by atoms with Crippen molar-refractivity contribution in [2.75, 3.05) is 39.6 Å². The lowest BCUT2D eigenvalue weighted by molar-refractivity contribution is -0.208. The van der Waals surface area contributed by atoms with Crippen molar-refractivity contribution in [3.63, 3.8) is 0 Å². The number of hydrogen-bond acceptors (Lipinski definition) is 7. The predicted octanol–water partition coefficient (Wildman–Crippen LogP) is 18.5. The van der Waals surface area contributed by atoms with E-state index in [1.54, 1.807) is 0 Å². The molecule has 0 aliphatic heterocycles. The van der Waals surface area contributed by atoms with E-state index in [0.717, 1.165) is 103 Å². The molecule has 0 radical (unpaired) electrons. The molecular weight excluding hydrogens is 809 g/mol. The molecule has 0 bridgehead atoms. The molecule has 0 saturated carbocycles. The number of rotatable bonds is 56. The van der Waals surface area contributed by atoms with Gasteiger partial charge in [-0.05, 0) is 102 Å². The van der Waals surface area contributed by atoms with E-state index in [2.05, 4.69) is 65.8 Å². The average Bonchev–Trinajstić information content (AvgIpc) is 3.31. The van der Waals surface area contributed by atoms with E-state index >= 15 is 0 Å². The second-order valence-corrected chi connectivity index (χ2v) is 18.9. The van der Waals surface area contributed by atoms with Crippen LogP contribution in [0.3, 0.4) is 0 Å². The van der Waals surface area contributed by atoms with Crippen LogP contribution in [-0.2, 0) is 33.2 Å². The van der Waals surface area contributed by atoms with Crippen LogP contribution in [0.4, 0.5) is 0 Å². The van der Waals surface area contributed by atoms with Crippen LogP contribution in [-0.4, -0.2) is 64.8 Å². The maximum Gasteiger partial charge on any atom is 0.180 e. The summed E-state index contributed by atoms with van der Waals surface area (Å²) < 4.78 is 43.6. The SMILES string of the molecule is CCCCCCOC(CCCCCCCCCC=CC(OCCCC)OC(C=CCCCCCCCCCC(OCCCCCC)OCCCCCC)OCCCC)OCCCCCC. The largest absolute Gasteiger partial charge is 0.353 e. The van der Waals surface area contributed by atoms with E-state index in [-0.39, 0.29) is 25.2 Å². The molecule has 0 aliphatic rings. The monoisotopic (exact) mass is 923 g/mol. The van der Waals surface area contributed by atoms with Gasteiger partial charge in [0, 0.05) is 26.4 Å². The highest BCUT2D eigenvalue weighted by Crippen LogP contribution is 2.18. The molecule has 0 heterocycles. The first kappa shape index (κ1) is 64.2. The standard InChI is InChI=1S/C58H114O7/c1-7-13-19-41-51-59-55(60-52-42-20-14-8-2)45-37-33-29-25-23-27-31-35-39-47-57(63-49-17-11-5)65-58(64-50-18-12-6)48-40-36-32-28-24-26-30-34-38-46-56(61-53-43-21-15-9-3)62-54-44-22-16-10-4/h39-40,47-48,55-58H,7-38,41-46,49-54H2,1-6H3. The van der Waals surface area contributed by atoms with Crippen molar-refractivity contribution in [2.24, 2.45) is 0 Å². The van der Waals surface area contributed by atoms with Gasteiger partial charge in [0.1, 0.15) is 0 Å². The lowest BCUT2D eigenvalue weighted by Gasteiger charge is -2.21. The molecule has 0 amide bonds. The Bertz CT molecular complexity index is 828. The third kappa shape index (κ3) is 49.4. The molecule has 0 aromatic heterocycles. The molecular formula is C58H114O7. The summed E-state index contributed by atoms with van der Waals surface area (Å²) in [4.78, 5) is 0. The van der Waals surface area contributed by atoms with Gasteiger partial charge in [0.05, 0.1) is 13.2 Å². The quantitative estimate of drug-likeness (QED) is 0.0342. The smallest absolute Gasteiger partial charge is 0.180 e. The van der Waals surface area contributed by atoms with E-state index in [1.165, 1.54) is 167 Å². The number of allylic oxidation sites excluding steroid dienone is 2. The Hall–Kier alpha value is -0.800. The Morgan fingerprint density at radius 2 is 0.523 bits per heavy atom. The maximum atomic E-state index is 6.44. The number of hydrogen-bond donors (Lipinski definition) is 0. The maximum absolute atomic E-state index is 6.44. The van der Waals surface area contributed by atoms with Crippen LogP contribution >= 0.6 is 0 Å². The van der Waals surface area contributed by atoms with Gasteiger partial charge in [0.15, 0.2) is 25.2 Å². The van der Waals surface area contributed by atoms with Crippen LogP contribution in [0.5, 0.6) is 0 Å². The zero-order valence-electron chi connectivity index (χ0n) is 44.6. The van der Waals surface area contributed by atoms with E-state index in [0.29, 0.717) is 13.2 Å². The summed E-state index contributed by atoms with van der Waals surface area (Å²) in [5.74, 6) is 0. The molecule has 0 spiro atoms. The van der Waals surface area contributed by atoms with Gasteiger partial charge < -0.3 is 33.2 Å². The molecule has 0 aromatic carbocycles. The minimum Gasteiger partial charge on any atom is -0.353 e. The van der Waals surface area contributed by atoms with Gasteiger partial charge in [-0.25, -0.2) is 0 Å². The van der Waals surface area contributed by atoms with Crippen molar-refractivity contribution in [3.8, 4) is 0 Å². The first-order valence-corrected chi connectivity index (χ1v) is 28.8. The summed E-state index contributed by atoms with van der Waals surface area (Å²) in [6, 6.07) is 0. The number of unbranched alkanes of at least 4 members (excludes halogenated alkanes) is 28. The van der Waals surface area contributed by atoms with E-state index in [4.69, 9.17) is 33.2 Å². The zero-order valence-corrected chi connectivity index (χ0v) is 44.6. The van der Waals surface area contributed by atoms with Crippen LogP contribution < -0.4 is 0 Å². The summed E-state index contributed by atoms with van der Waals surface area (Å²) in [6.45, 7) is 18.2. The highest BCUT2D eigenvalue weighted by molar-refractivity contribution is 4.90. The Labute approximate surface area is 406 Å². The Kier molecular flexibility index (Phi) is 55.1. The number of ether oxygens (including phenoxy) is 7. The third-order valence-corrected chi connectivity index (χ3v) is 12.2. The molecule has 0 fully saturated rings. The van der Waals surface area contributed by atoms with E-state index in [9.17, 15) is 0 Å². The molecule has 2 unspecified atom stereocenters. The first-order valence-electron chi connectivity index (χ1n) is 28.8. The van der Waals surface area contributed by atoms with Crippen LogP contribution in [0.2, 0.25) is 0 Å². The summed E-state index contributed by atoms with van der Waals surface area (Å²) in [5.41, 5.74) is 0. The minimum atomic E-state index is -0.382. The second kappa shape index (κ2) is 55.8. The van der Waals surface area contributed by atoms with Crippen molar-refractivity contribution in [3.05, 3.63) is 24.3 Å². The molecule has 7 heteroatoms. The first-order chi connectivity index (χ1) is 32.1. The van der Waals surface area contributed by atoms with Crippen molar-refractivity contribution < 1.29 is 33.2 Å². The fraction of sp³-hybridized carbons (Fsp3) is 0.931. The molecule has 388 valence electrons. The molecule has 0 aliphatic carbocycles. The molecule has 65 heavy (non-hydrogen) atoms. The summed E-state index contributed by atoms with van der Waals surface area (Å²) in [6.07, 6.45) is 54.1. The van der Waals surface area contributed by atoms with Gasteiger partial charge in [0.2, 0.25) is 0 Å². The van der Waals surface area contributed by atoms with Gasteiger partial charge in [-0.15, -0.1) is 0 Å². The summed E-state index contributed by atoms with van der Waals surface area (Å²) in [5, 5.41) is 0. The fourth-order valence-electron chi connectivity index (χ4n) is 7.83. The second-order valence-electron chi connectivity index (χ2n) is 18.9. The molecule has 0 aromatic rings. The average molecular weight is 924 g/mol. The summed E-state index contributed by atoms with van der Waals surface area (Å²) in [7, 11) is 0. The Morgan fingerprint density at radius 3 is 0.831 bits per heavy atom. The third-order valence-electron chi connectivity index (χ3n) is 12.2. The van der Waals surface area contributed by atoms with Crippen LogP contribution in [0.25, 0.3) is 0 Å². The highest BCUT2D eigenvalue weighted by Gasteiger charge is 2.14. The van der Waals surface area contributed by atoms with Crippen LogP contribution in [0.15, 0.2) is 24.3 Å². The van der Waals surface area contributed by atoms with Gasteiger partial charge in [-0.1, -0.05) is 208 Å². The topological polar surface area (TPSA) is 64.6 Å². The van der Waals surface area contributed by atoms with Crippen LogP contribution in [0.1, 0.15) is 286 Å². The molecule has 7 nitrogen and oxygen atoms in total. The van der Waals surface area contributed by atoms with Crippen LogP contribution in [0, 0.1) is 0 Å². The van der Waals surface area contributed by atoms with Crippen molar-refractivity contribution in [2.45, 2.75) is 311 Å². The van der Waals surface area contributed by atoms with Crippen molar-refractivity contribution in [1.82, 2.24) is 0 Å². The zero-order chi connectivity index (χ0) is 47.2. The van der Waals surface area contributed by atoms with Crippen molar-refractivity contribution >= 4 is 0 Å². The predicted molar refractivity (Wildman–Crippen MR) is 280 cm³/mol. The van der Waals surface area contributed by atoms with Gasteiger partial charge >= 0.3 is 0 Å². The van der Waals surface area contributed by atoms with E-state index < -0.39 is 0 Å². The fourth-order valence-corrected chi connectivity index (χ4v) is 7.83. The highest BCUT2D eigenvalue weighted by atomic mass is 16.8. The van der Waals surface area contributed by atoms with Gasteiger partial charge in [0.25, 0.3) is 0 Å². The lowest BCUT2D eigenvalue weighted by Crippen LogP contribution is -2.25. The lowest BCUT2D eigenvalue weighted by atomic mass is 10.1. The minimum absolute atomic E-state index is 0.0143. The molecule has 0 N–H and O–H groups in total. The van der Waals surface area contributed by atoms with Crippen molar-refractivity contribution in [1.29, 1.82) is 0 Å². The molecule has 0 saturated heterocycles. The van der Waals surface area contributed by atoms with Gasteiger partial charge in [-0.3, -0.25) is 0 Å².